The quantitative estimate of drug-likeness (QED) is 0.548. The molecule has 2 N–H and O–H groups in total. The Kier molecular flexibility index (Phi) is 3.78. The van der Waals surface area contributed by atoms with Gasteiger partial charge in [0.15, 0.2) is 6.29 Å². The molecule has 4 nitrogen and oxygen atoms in total. The molecule has 4 aromatic rings. The molecule has 25 heavy (non-hydrogen) atoms. The third-order valence-corrected chi connectivity index (χ3v) is 4.34. The molecule has 0 fully saturated rings. The Labute approximate surface area is 144 Å². The van der Waals surface area contributed by atoms with Crippen molar-refractivity contribution in [1.82, 2.24) is 4.98 Å². The number of amides is 1. The fraction of sp³-hybridized carbons (Fsp3) is 0.0476. The third-order valence-electron chi connectivity index (χ3n) is 4.34. The summed E-state index contributed by atoms with van der Waals surface area (Å²) >= 11 is 0. The van der Waals surface area contributed by atoms with E-state index in [4.69, 9.17) is 0 Å². The Morgan fingerprint density at radius 1 is 0.960 bits per heavy atom. The number of carbonyl (C=O) groups is 2. The number of nitrogens with one attached hydrogen (secondary N) is 2. The van der Waals surface area contributed by atoms with Crippen molar-refractivity contribution in [3.8, 4) is 0 Å². The molecule has 4 rings (SSSR count). The number of H-pyrrole nitrogens is 1. The second kappa shape index (κ2) is 6.24. The number of hydrogen-bond donors (Lipinski definition) is 2. The van der Waals surface area contributed by atoms with Crippen molar-refractivity contribution in [1.29, 1.82) is 0 Å². The lowest BCUT2D eigenvalue weighted by atomic mass is 10.1. The molecule has 0 radical (unpaired) electrons. The van der Waals surface area contributed by atoms with Crippen molar-refractivity contribution in [2.45, 2.75) is 6.42 Å². The highest BCUT2D eigenvalue weighted by atomic mass is 16.1. The van der Waals surface area contributed by atoms with Crippen molar-refractivity contribution in [3.63, 3.8) is 0 Å². The molecule has 0 atom stereocenters. The van der Waals surface area contributed by atoms with E-state index in [1.165, 1.54) is 0 Å². The van der Waals surface area contributed by atoms with E-state index in [0.29, 0.717) is 5.69 Å². The number of aromatic amines is 1. The van der Waals surface area contributed by atoms with Gasteiger partial charge in [-0.3, -0.25) is 9.59 Å². The summed E-state index contributed by atoms with van der Waals surface area (Å²) in [7, 11) is 0. The van der Waals surface area contributed by atoms with Gasteiger partial charge in [0.1, 0.15) is 0 Å². The van der Waals surface area contributed by atoms with Crippen LogP contribution in [0, 0.1) is 0 Å². The summed E-state index contributed by atoms with van der Waals surface area (Å²) < 4.78 is 0. The molecular weight excluding hydrogens is 312 g/mol. The van der Waals surface area contributed by atoms with E-state index in [1.807, 2.05) is 66.7 Å². The minimum absolute atomic E-state index is 0.144. The zero-order valence-corrected chi connectivity index (χ0v) is 13.5. The van der Waals surface area contributed by atoms with E-state index in [2.05, 4.69) is 10.3 Å². The zero-order chi connectivity index (χ0) is 17.2. The van der Waals surface area contributed by atoms with E-state index in [9.17, 15) is 9.59 Å². The Bertz CT molecular complexity index is 1100. The predicted octanol–water partition coefficient (Wildman–Crippen LogP) is 4.31. The lowest BCUT2D eigenvalue weighted by Gasteiger charge is -2.07. The van der Waals surface area contributed by atoms with Crippen LogP contribution in [0.15, 0.2) is 66.7 Å². The minimum Gasteiger partial charge on any atom is -0.352 e. The van der Waals surface area contributed by atoms with Gasteiger partial charge in [-0.2, -0.15) is 0 Å². The van der Waals surface area contributed by atoms with E-state index < -0.39 is 0 Å². The first kappa shape index (κ1) is 15.1. The Morgan fingerprint density at radius 3 is 2.56 bits per heavy atom. The van der Waals surface area contributed by atoms with Crippen molar-refractivity contribution in [2.24, 2.45) is 0 Å². The molecule has 0 saturated carbocycles. The van der Waals surface area contributed by atoms with E-state index >= 15 is 0 Å². The second-order valence-corrected chi connectivity index (χ2v) is 5.97. The summed E-state index contributed by atoms with van der Waals surface area (Å²) in [4.78, 5) is 26.9. The van der Waals surface area contributed by atoms with Gasteiger partial charge in [-0.05, 0) is 34.5 Å². The van der Waals surface area contributed by atoms with Crippen molar-refractivity contribution >= 4 is 39.6 Å². The van der Waals surface area contributed by atoms with E-state index in [-0.39, 0.29) is 12.3 Å². The average Bonchev–Trinajstić information content (AvgIpc) is 2.99. The lowest BCUT2D eigenvalue weighted by molar-refractivity contribution is -0.115. The Morgan fingerprint density at radius 2 is 1.72 bits per heavy atom. The topological polar surface area (TPSA) is 62.0 Å². The predicted molar refractivity (Wildman–Crippen MR) is 100.0 cm³/mol. The van der Waals surface area contributed by atoms with Gasteiger partial charge in [0, 0.05) is 16.6 Å². The van der Waals surface area contributed by atoms with Crippen LogP contribution in [0.1, 0.15) is 16.1 Å². The SMILES string of the molecule is O=Cc1[nH]c2ccccc2c1CC(=O)Nc1ccc2ccccc2c1. The molecule has 4 heteroatoms. The monoisotopic (exact) mass is 328 g/mol. The molecule has 122 valence electrons. The van der Waals surface area contributed by atoms with Gasteiger partial charge in [-0.1, -0.05) is 48.5 Å². The number of fused-ring (bicyclic) bond motifs is 2. The summed E-state index contributed by atoms with van der Waals surface area (Å²) in [5.74, 6) is -0.150. The molecule has 0 bridgehead atoms. The van der Waals surface area contributed by atoms with Gasteiger partial charge in [0.2, 0.25) is 5.91 Å². The molecule has 0 aliphatic carbocycles. The van der Waals surface area contributed by atoms with Crippen molar-refractivity contribution in [2.75, 3.05) is 5.32 Å². The Balaban J connectivity index is 1.60. The number of anilines is 1. The van der Waals surface area contributed by atoms with Crippen LogP contribution in [-0.4, -0.2) is 17.2 Å². The van der Waals surface area contributed by atoms with E-state index in [0.717, 1.165) is 39.2 Å². The highest BCUT2D eigenvalue weighted by Crippen LogP contribution is 2.23. The molecule has 3 aromatic carbocycles. The average molecular weight is 328 g/mol. The Hall–Kier alpha value is -3.40. The maximum atomic E-state index is 12.5. The molecule has 0 spiro atoms. The van der Waals surface area contributed by atoms with Crippen LogP contribution < -0.4 is 5.32 Å². The van der Waals surface area contributed by atoms with Crippen LogP contribution in [0.5, 0.6) is 0 Å². The number of hydrogen-bond acceptors (Lipinski definition) is 2. The first-order valence-corrected chi connectivity index (χ1v) is 8.08. The fourth-order valence-corrected chi connectivity index (χ4v) is 3.14. The number of para-hydroxylation sites is 1. The molecule has 0 saturated heterocycles. The fourth-order valence-electron chi connectivity index (χ4n) is 3.14. The second-order valence-electron chi connectivity index (χ2n) is 5.97. The van der Waals surface area contributed by atoms with Gasteiger partial charge in [-0.15, -0.1) is 0 Å². The minimum atomic E-state index is -0.150. The third kappa shape index (κ3) is 2.90. The first-order chi connectivity index (χ1) is 12.2. The molecule has 0 aliphatic heterocycles. The summed E-state index contributed by atoms with van der Waals surface area (Å²) in [5.41, 5.74) is 2.79. The van der Waals surface area contributed by atoms with Gasteiger partial charge >= 0.3 is 0 Å². The van der Waals surface area contributed by atoms with Crippen LogP contribution in [0.25, 0.3) is 21.7 Å². The molecular formula is C21H16N2O2. The number of rotatable bonds is 4. The smallest absolute Gasteiger partial charge is 0.228 e. The summed E-state index contributed by atoms with van der Waals surface area (Å²) in [6.45, 7) is 0. The van der Waals surface area contributed by atoms with Crippen LogP contribution in [0.4, 0.5) is 5.69 Å². The van der Waals surface area contributed by atoms with Crippen LogP contribution in [-0.2, 0) is 11.2 Å². The van der Waals surface area contributed by atoms with Gasteiger partial charge in [-0.25, -0.2) is 0 Å². The highest BCUT2D eigenvalue weighted by molar-refractivity contribution is 6.00. The van der Waals surface area contributed by atoms with Crippen LogP contribution in [0.2, 0.25) is 0 Å². The molecule has 1 amide bonds. The number of aldehydes is 1. The maximum Gasteiger partial charge on any atom is 0.228 e. The molecule has 0 aliphatic rings. The van der Waals surface area contributed by atoms with Crippen molar-refractivity contribution in [3.05, 3.63) is 78.0 Å². The van der Waals surface area contributed by atoms with Gasteiger partial charge in [0.05, 0.1) is 12.1 Å². The van der Waals surface area contributed by atoms with Gasteiger partial charge in [0.25, 0.3) is 0 Å². The van der Waals surface area contributed by atoms with Gasteiger partial charge < -0.3 is 10.3 Å². The first-order valence-electron chi connectivity index (χ1n) is 8.08. The van der Waals surface area contributed by atoms with Crippen molar-refractivity contribution < 1.29 is 9.59 Å². The molecule has 1 aromatic heterocycles. The standard InChI is InChI=1S/C21H16N2O2/c24-13-20-18(17-7-3-4-8-19(17)23-20)12-21(25)22-16-10-9-14-5-1-2-6-15(14)11-16/h1-11,13,23H,12H2,(H,22,25). The van der Waals surface area contributed by atoms with E-state index in [1.54, 1.807) is 0 Å². The maximum absolute atomic E-state index is 12.5. The highest BCUT2D eigenvalue weighted by Gasteiger charge is 2.14. The van der Waals surface area contributed by atoms with Crippen LogP contribution >= 0.6 is 0 Å². The normalized spacial score (nSPS) is 10.9. The molecule has 0 unspecified atom stereocenters. The summed E-state index contributed by atoms with van der Waals surface area (Å²) in [6, 6.07) is 21.4. The molecule has 1 heterocycles. The zero-order valence-electron chi connectivity index (χ0n) is 13.5. The summed E-state index contributed by atoms with van der Waals surface area (Å²) in [6.07, 6.45) is 0.906. The number of carbonyl (C=O) groups excluding carboxylic acids is 2. The number of benzene rings is 3. The van der Waals surface area contributed by atoms with Crippen LogP contribution in [0.3, 0.4) is 0 Å². The largest absolute Gasteiger partial charge is 0.352 e. The summed E-state index contributed by atoms with van der Waals surface area (Å²) in [5, 5.41) is 6.02. The lowest BCUT2D eigenvalue weighted by Crippen LogP contribution is -2.15. The number of aromatic nitrogens is 1.